The second kappa shape index (κ2) is 15.6. The van der Waals surface area contributed by atoms with E-state index >= 15 is 31.2 Å². The number of aliphatic imine (C=N–C) groups is 1. The van der Waals surface area contributed by atoms with E-state index in [4.69, 9.17) is 19.1 Å². The first-order valence-electron chi connectivity index (χ1n) is 20.6. The van der Waals surface area contributed by atoms with Crippen molar-refractivity contribution in [1.29, 1.82) is 0 Å². The number of anilines is 2. The van der Waals surface area contributed by atoms with Crippen LogP contribution in [0.3, 0.4) is 0 Å². The Morgan fingerprint density at radius 2 is 1.26 bits per heavy atom. The van der Waals surface area contributed by atoms with Gasteiger partial charge in [0.25, 0.3) is 37.8 Å². The molecule has 20 heteroatoms. The topological polar surface area (TPSA) is 165 Å². The van der Waals surface area contributed by atoms with Gasteiger partial charge in [-0.25, -0.2) is 25.4 Å². The fraction of sp³-hybridized carbons (Fsp3) is 0.326. The molecule has 0 aromatic heterocycles. The van der Waals surface area contributed by atoms with Crippen LogP contribution in [-0.4, -0.2) is 107 Å². The number of nitrogens with zero attached hydrogens (tertiary/aromatic N) is 6. The molecule has 0 N–H and O–H groups in total. The normalized spacial score (nSPS) is 30.2. The lowest BCUT2D eigenvalue weighted by atomic mass is 9.62. The lowest BCUT2D eigenvalue weighted by molar-refractivity contribution is -0.163. The zero-order valence-electron chi connectivity index (χ0n) is 36.2. The highest BCUT2D eigenvalue weighted by atomic mass is 32.2. The van der Waals surface area contributed by atoms with Crippen LogP contribution in [0.1, 0.15) is 44.2 Å². The second-order valence-electron chi connectivity index (χ2n) is 17.2. The van der Waals surface area contributed by atoms with Crippen molar-refractivity contribution >= 4 is 109 Å². The maximum atomic E-state index is 15.5. The summed E-state index contributed by atoms with van der Waals surface area (Å²) in [6.07, 6.45) is 3.84. The van der Waals surface area contributed by atoms with Gasteiger partial charge in [0, 0.05) is 37.8 Å². The Morgan fingerprint density at radius 3 is 1.73 bits per heavy atom. The fourth-order valence-electron chi connectivity index (χ4n) is 11.2. The van der Waals surface area contributed by atoms with Crippen molar-refractivity contribution in [3.8, 4) is 11.7 Å². The molecule has 342 valence electrons. The number of benzene rings is 4. The number of ketones is 1. The summed E-state index contributed by atoms with van der Waals surface area (Å²) in [5.74, 6) is -2.62. The van der Waals surface area contributed by atoms with Crippen LogP contribution in [0.5, 0.6) is 0 Å². The zero-order valence-corrected chi connectivity index (χ0v) is 41.3. The number of thioether (sulfide) groups is 2. The molecular weight excluding hydrogens is 957 g/mol. The average Bonchev–Trinajstić information content (AvgIpc) is 3.95. The predicted molar refractivity (Wildman–Crippen MR) is 262 cm³/mol. The summed E-state index contributed by atoms with van der Waals surface area (Å²) < 4.78 is 64.4. The van der Waals surface area contributed by atoms with Gasteiger partial charge in [0.2, 0.25) is 0 Å². The first-order valence-corrected chi connectivity index (χ1v) is 26.4. The zero-order chi connectivity index (χ0) is 47.6. The number of likely N-dealkylation sites (tertiary alicyclic amines) is 1. The molecular formula is C46H44N6O8S6. The molecule has 3 amide bonds. The molecule has 0 radical (unpaired) electrons. The summed E-state index contributed by atoms with van der Waals surface area (Å²) in [4.78, 5) is 62.6. The fourth-order valence-corrected chi connectivity index (χ4v) is 16.9. The van der Waals surface area contributed by atoms with Crippen molar-refractivity contribution in [1.82, 2.24) is 14.7 Å². The van der Waals surface area contributed by atoms with Gasteiger partial charge in [0.1, 0.15) is 12.3 Å². The van der Waals surface area contributed by atoms with E-state index in [1.807, 2.05) is 0 Å². The van der Waals surface area contributed by atoms with Crippen LogP contribution in [0.2, 0.25) is 0 Å². The van der Waals surface area contributed by atoms with Crippen LogP contribution in [0.15, 0.2) is 124 Å². The van der Waals surface area contributed by atoms with Gasteiger partial charge < -0.3 is 4.90 Å². The molecule has 7 atom stereocenters. The van der Waals surface area contributed by atoms with Gasteiger partial charge in [-0.05, 0) is 91.1 Å². The average molecular weight is 1000 g/mol. The number of hydrogen-bond acceptors (Lipinski definition) is 12. The van der Waals surface area contributed by atoms with E-state index < -0.39 is 81.3 Å². The van der Waals surface area contributed by atoms with Gasteiger partial charge in [0.15, 0.2) is 25.4 Å². The number of amides is 3. The standard InChI is InChI=1S/C46H44N6O8S6/c1-7-64-46(29(2)53)28-44(33-23-15-17-25-35(33)51(38(44)49(46)37(54)36(61)47-4)65(57,58)30-18-10-8-11-19-30)26-43-27-45(62)41(56)48(5)42(3,63-6)40(55)50(45)39(43)52(34-24-16-14-22-32(34)43)66(59,60)31-20-12-9-13-21-31/h1,8-25,38-39,62H,26-28H2,2-6H3,(H,47,61)/t38-,39-,42?,43?,44?,45?,46?/m0/s1. The Balaban J connectivity index is 1.42. The molecule has 5 aliphatic heterocycles. The molecule has 0 saturated carbocycles. The number of piperazine rings is 1. The summed E-state index contributed by atoms with van der Waals surface area (Å²) in [5.41, 5.74) is -2.06. The summed E-state index contributed by atoms with van der Waals surface area (Å²) in [5, 5.41) is 2.19. The predicted octanol–water partition coefficient (Wildman–Crippen LogP) is 5.53. The molecule has 0 bridgehead atoms. The number of hydrogen-bond donors (Lipinski definition) is 2. The molecule has 66 heavy (non-hydrogen) atoms. The SMILES string of the molecule is C#CSC1(C(C)=O)CC2(CC34CC5(S)C(=O)N(C)C(C)(SC)C(=O)N5[C@H]3N(S(=O)(=O)c3ccccc3)c3ccccc34)c3ccccc3N(S(=O)(=O)c3ccccc3)[C@@H]2N1C(=O)/C(S)=N/C. The van der Waals surface area contributed by atoms with E-state index in [1.165, 1.54) is 64.3 Å². The van der Waals surface area contributed by atoms with Gasteiger partial charge in [-0.3, -0.25) is 34.0 Å². The molecule has 3 saturated heterocycles. The Hall–Kier alpha value is -4.91. The van der Waals surface area contributed by atoms with Gasteiger partial charge in [-0.2, -0.15) is 0 Å². The van der Waals surface area contributed by atoms with Crippen LogP contribution < -0.4 is 8.61 Å². The van der Waals surface area contributed by atoms with Crippen LogP contribution >= 0.6 is 48.8 Å². The van der Waals surface area contributed by atoms with Crippen molar-refractivity contribution in [2.45, 2.75) is 80.7 Å². The van der Waals surface area contributed by atoms with Gasteiger partial charge >= 0.3 is 0 Å². The molecule has 0 spiro atoms. The first kappa shape index (κ1) is 46.2. The summed E-state index contributed by atoms with van der Waals surface area (Å²) in [7, 11) is -6.40. The van der Waals surface area contributed by atoms with E-state index in [2.05, 4.69) is 22.9 Å². The quantitative estimate of drug-likeness (QED) is 0.0894. The van der Waals surface area contributed by atoms with Crippen molar-refractivity contribution < 1.29 is 36.0 Å². The summed E-state index contributed by atoms with van der Waals surface area (Å²) in [6.45, 7) is 2.87. The summed E-state index contributed by atoms with van der Waals surface area (Å²) in [6, 6.07) is 28.9. The van der Waals surface area contributed by atoms with Gasteiger partial charge in [-0.1, -0.05) is 72.8 Å². The highest BCUT2D eigenvalue weighted by Gasteiger charge is 2.79. The summed E-state index contributed by atoms with van der Waals surface area (Å²) >= 11 is 11.4. The van der Waals surface area contributed by atoms with E-state index in [-0.39, 0.29) is 45.5 Å². The lowest BCUT2D eigenvalue weighted by Gasteiger charge is -2.52. The minimum atomic E-state index is -4.65. The van der Waals surface area contributed by atoms with Crippen LogP contribution in [0.25, 0.3) is 0 Å². The molecule has 5 heterocycles. The Morgan fingerprint density at radius 1 is 0.788 bits per heavy atom. The maximum absolute atomic E-state index is 15.5. The third-order valence-electron chi connectivity index (χ3n) is 14.1. The van der Waals surface area contributed by atoms with E-state index in [1.54, 1.807) is 98.1 Å². The van der Waals surface area contributed by atoms with E-state index in [0.717, 1.165) is 16.1 Å². The number of rotatable bonds is 10. The van der Waals surface area contributed by atoms with Crippen LogP contribution in [0.4, 0.5) is 11.4 Å². The van der Waals surface area contributed by atoms with Crippen LogP contribution in [0, 0.1) is 11.7 Å². The number of para-hydroxylation sites is 2. The van der Waals surface area contributed by atoms with Gasteiger partial charge in [-0.15, -0.1) is 43.4 Å². The highest BCUT2D eigenvalue weighted by Crippen LogP contribution is 2.70. The highest BCUT2D eigenvalue weighted by molar-refractivity contribution is 8.06. The monoisotopic (exact) mass is 1000 g/mol. The number of carbonyl (C=O) groups is 4. The Bertz CT molecular complexity index is 3070. The minimum Gasteiger partial charge on any atom is -0.320 e. The smallest absolute Gasteiger partial charge is 0.281 e. The van der Waals surface area contributed by atoms with E-state index in [9.17, 15) is 4.79 Å². The number of terminal acetylenes is 1. The van der Waals surface area contributed by atoms with Crippen molar-refractivity contribution in [3.05, 3.63) is 120 Å². The molecule has 5 aliphatic rings. The first-order chi connectivity index (χ1) is 31.2. The van der Waals surface area contributed by atoms with Crippen molar-refractivity contribution in [2.24, 2.45) is 4.99 Å². The van der Waals surface area contributed by atoms with Crippen molar-refractivity contribution in [3.63, 3.8) is 0 Å². The van der Waals surface area contributed by atoms with Gasteiger partial charge in [0.05, 0.1) is 21.2 Å². The number of thiol groups is 2. The molecule has 4 aromatic rings. The Labute approximate surface area is 403 Å². The molecule has 9 rings (SSSR count). The minimum absolute atomic E-state index is 0.0889. The van der Waals surface area contributed by atoms with Crippen LogP contribution in [-0.2, 0) is 50.1 Å². The largest absolute Gasteiger partial charge is 0.320 e. The van der Waals surface area contributed by atoms with Crippen molar-refractivity contribution in [2.75, 3.05) is 29.0 Å². The molecule has 0 aliphatic carbocycles. The molecule has 4 aromatic carbocycles. The third-order valence-corrected chi connectivity index (χ3v) is 21.0. The van der Waals surface area contributed by atoms with E-state index in [0.29, 0.717) is 22.9 Å². The number of likely N-dealkylation sites (N-methyl/N-ethyl adjacent to an activating group) is 1. The molecule has 14 nitrogen and oxygen atoms in total. The lowest BCUT2D eigenvalue weighted by Crippen LogP contribution is -2.73. The number of carbonyl (C=O) groups excluding carboxylic acids is 4. The molecule has 3 fully saturated rings. The second-order valence-corrected chi connectivity index (χ2v) is 24.3. The molecule has 5 unspecified atom stereocenters. The Kier molecular flexibility index (Phi) is 10.9. The number of fused-ring (bicyclic) bond motifs is 8. The number of Topliss-reactive ketones (excluding diaryl/α,β-unsaturated/α-hetero) is 1. The number of sulfonamides is 2. The third kappa shape index (κ3) is 5.88. The maximum Gasteiger partial charge on any atom is 0.281 e.